The molecule has 1 aromatic heterocycles. The average molecular weight is 548 g/mol. The van der Waals surface area contributed by atoms with Gasteiger partial charge in [-0.05, 0) is 37.0 Å². The molecule has 0 radical (unpaired) electrons. The van der Waals surface area contributed by atoms with Gasteiger partial charge in [0.05, 0.1) is 6.42 Å². The van der Waals surface area contributed by atoms with E-state index >= 15 is 0 Å². The van der Waals surface area contributed by atoms with E-state index in [-0.39, 0.29) is 18.6 Å². The lowest BCUT2D eigenvalue weighted by Crippen LogP contribution is -2.59. The number of hydrogen-bond acceptors (Lipinski definition) is 9. The van der Waals surface area contributed by atoms with Gasteiger partial charge >= 0.3 is 5.97 Å². The van der Waals surface area contributed by atoms with Crippen LogP contribution >= 0.6 is 21.6 Å². The van der Waals surface area contributed by atoms with Crippen molar-refractivity contribution in [3.05, 3.63) is 42.2 Å². The van der Waals surface area contributed by atoms with E-state index in [1.165, 1.54) is 21.6 Å². The molecule has 0 aromatic carbocycles. The summed E-state index contributed by atoms with van der Waals surface area (Å²) in [6.45, 7) is -0.391. The summed E-state index contributed by atoms with van der Waals surface area (Å²) in [6, 6.07) is 1.58. The summed E-state index contributed by atoms with van der Waals surface area (Å²) in [4.78, 5) is 68.9. The van der Waals surface area contributed by atoms with E-state index < -0.39 is 59.9 Å². The zero-order chi connectivity index (χ0) is 26.3. The first-order valence-corrected chi connectivity index (χ1v) is 14.5. The van der Waals surface area contributed by atoms with Crippen molar-refractivity contribution in [3.63, 3.8) is 0 Å². The molecule has 2 fully saturated rings. The molecule has 13 heteroatoms. The highest BCUT2D eigenvalue weighted by Crippen LogP contribution is 2.36. The van der Waals surface area contributed by atoms with E-state index in [1.807, 2.05) is 6.08 Å². The minimum atomic E-state index is -1.12. The Morgan fingerprint density at radius 3 is 2.68 bits per heavy atom. The number of aromatic nitrogens is 1. The fraction of sp³-hybridized carbons (Fsp3) is 0.500. The molecule has 1 aliphatic carbocycles. The van der Waals surface area contributed by atoms with Crippen molar-refractivity contribution in [1.82, 2.24) is 26.3 Å². The first-order chi connectivity index (χ1) is 17.8. The lowest BCUT2D eigenvalue weighted by Gasteiger charge is -2.26. The zero-order valence-electron chi connectivity index (χ0n) is 20.1. The molecular formula is C24H29N5O6S2. The molecule has 4 rings (SSSR count). The largest absolute Gasteiger partial charge is 0.456 e. The molecule has 11 nitrogen and oxygen atoms in total. The molecule has 0 unspecified atom stereocenters. The van der Waals surface area contributed by atoms with Crippen molar-refractivity contribution in [2.24, 2.45) is 0 Å². The maximum Gasteiger partial charge on any atom is 0.326 e. The van der Waals surface area contributed by atoms with E-state index in [4.69, 9.17) is 4.74 Å². The van der Waals surface area contributed by atoms with E-state index in [0.29, 0.717) is 25.0 Å². The quantitative estimate of drug-likeness (QED) is 0.228. The smallest absolute Gasteiger partial charge is 0.326 e. The van der Waals surface area contributed by atoms with Crippen LogP contribution in [0.25, 0.3) is 0 Å². The molecule has 1 saturated heterocycles. The molecule has 4 amide bonds. The molecular weight excluding hydrogens is 518 g/mol. The number of carbonyl (C=O) groups excluding carboxylic acids is 5. The SMILES string of the molecule is O=C1C[C@H]2C=CCCSSC[C@@H](NC(=O)[C@@H](Cc3cccnc3)N1)C(=O)NC1(CC1)C(=O)NCC(=O)O2. The lowest BCUT2D eigenvalue weighted by atomic mass is 10.1. The van der Waals surface area contributed by atoms with E-state index in [1.54, 1.807) is 30.6 Å². The Labute approximate surface area is 222 Å². The van der Waals surface area contributed by atoms with Crippen LogP contribution in [-0.4, -0.2) is 76.4 Å². The first kappa shape index (κ1) is 27.0. The fourth-order valence-electron chi connectivity index (χ4n) is 3.93. The zero-order valence-corrected chi connectivity index (χ0v) is 21.7. The molecule has 3 heterocycles. The third kappa shape index (κ3) is 7.71. The van der Waals surface area contributed by atoms with Gasteiger partial charge in [0.25, 0.3) is 0 Å². The molecule has 3 aliphatic rings. The number of pyridine rings is 1. The van der Waals surface area contributed by atoms with Crippen LogP contribution in [0.1, 0.15) is 31.2 Å². The predicted octanol–water partition coefficient (Wildman–Crippen LogP) is 0.0155. The summed E-state index contributed by atoms with van der Waals surface area (Å²) < 4.78 is 5.46. The van der Waals surface area contributed by atoms with Gasteiger partial charge in [-0.1, -0.05) is 33.7 Å². The van der Waals surface area contributed by atoms with Gasteiger partial charge in [0.2, 0.25) is 23.6 Å². The Hall–Kier alpha value is -3.06. The van der Waals surface area contributed by atoms with Gasteiger partial charge in [0.1, 0.15) is 30.3 Å². The minimum absolute atomic E-state index is 0.147. The minimum Gasteiger partial charge on any atom is -0.456 e. The van der Waals surface area contributed by atoms with Crippen LogP contribution in [0.2, 0.25) is 0 Å². The summed E-state index contributed by atoms with van der Waals surface area (Å²) in [5.41, 5.74) is -0.399. The van der Waals surface area contributed by atoms with Crippen molar-refractivity contribution >= 4 is 51.2 Å². The number of carbonyl (C=O) groups is 5. The molecule has 198 valence electrons. The second kappa shape index (κ2) is 12.5. The third-order valence-electron chi connectivity index (χ3n) is 6.09. The van der Waals surface area contributed by atoms with Gasteiger partial charge in [-0.3, -0.25) is 29.0 Å². The van der Waals surface area contributed by atoms with Gasteiger partial charge < -0.3 is 26.0 Å². The van der Waals surface area contributed by atoms with Crippen molar-refractivity contribution in [2.75, 3.05) is 18.1 Å². The van der Waals surface area contributed by atoms with Gasteiger partial charge in [-0.25, -0.2) is 0 Å². The first-order valence-electron chi connectivity index (χ1n) is 12.0. The van der Waals surface area contributed by atoms with Crippen LogP contribution < -0.4 is 21.3 Å². The number of allylic oxidation sites excluding steroid dienone is 1. The number of nitrogens with one attached hydrogen (secondary N) is 4. The van der Waals surface area contributed by atoms with Crippen LogP contribution in [0.15, 0.2) is 36.7 Å². The van der Waals surface area contributed by atoms with Crippen LogP contribution in [0.4, 0.5) is 0 Å². The monoisotopic (exact) mass is 547 g/mol. The Kier molecular flexibility index (Phi) is 9.09. The number of rotatable bonds is 2. The summed E-state index contributed by atoms with van der Waals surface area (Å²) in [5.74, 6) is -1.75. The van der Waals surface area contributed by atoms with Crippen LogP contribution in [0.3, 0.4) is 0 Å². The fourth-order valence-corrected chi connectivity index (χ4v) is 6.09. The van der Waals surface area contributed by atoms with Crippen LogP contribution in [-0.2, 0) is 35.1 Å². The molecule has 1 spiro atoms. The second-order valence-corrected chi connectivity index (χ2v) is 11.7. The predicted molar refractivity (Wildman–Crippen MR) is 138 cm³/mol. The molecule has 4 N–H and O–H groups in total. The number of amides is 4. The molecule has 1 saturated carbocycles. The number of nitrogens with zero attached hydrogens (tertiary/aromatic N) is 1. The van der Waals surface area contributed by atoms with Crippen molar-refractivity contribution in [1.29, 1.82) is 0 Å². The topological polar surface area (TPSA) is 156 Å². The van der Waals surface area contributed by atoms with Gasteiger partial charge in [0.15, 0.2) is 0 Å². The van der Waals surface area contributed by atoms with Gasteiger partial charge in [0, 0.05) is 30.3 Å². The van der Waals surface area contributed by atoms with Crippen LogP contribution in [0.5, 0.6) is 0 Å². The number of esters is 1. The Morgan fingerprint density at radius 2 is 1.92 bits per heavy atom. The summed E-state index contributed by atoms with van der Waals surface area (Å²) in [6.07, 6.45) is 7.25. The maximum absolute atomic E-state index is 13.4. The van der Waals surface area contributed by atoms with E-state index in [0.717, 1.165) is 5.56 Å². The molecule has 37 heavy (non-hydrogen) atoms. The molecule has 1 aromatic rings. The summed E-state index contributed by atoms with van der Waals surface area (Å²) in [7, 11) is 2.97. The molecule has 3 atom stereocenters. The lowest BCUT2D eigenvalue weighted by molar-refractivity contribution is -0.148. The highest BCUT2D eigenvalue weighted by molar-refractivity contribution is 8.76. The number of fused-ring (bicyclic) bond motifs is 7. The van der Waals surface area contributed by atoms with Gasteiger partial charge in [-0.15, -0.1) is 0 Å². The molecule has 2 aliphatic heterocycles. The van der Waals surface area contributed by atoms with E-state index in [9.17, 15) is 24.0 Å². The van der Waals surface area contributed by atoms with Crippen molar-refractivity contribution in [2.45, 2.75) is 55.8 Å². The van der Waals surface area contributed by atoms with Crippen LogP contribution in [0, 0.1) is 0 Å². The highest BCUT2D eigenvalue weighted by atomic mass is 33.1. The van der Waals surface area contributed by atoms with Crippen molar-refractivity contribution in [3.8, 4) is 0 Å². The summed E-state index contributed by atoms with van der Waals surface area (Å²) in [5, 5.41) is 10.8. The van der Waals surface area contributed by atoms with Gasteiger partial charge in [-0.2, -0.15) is 0 Å². The normalized spacial score (nSPS) is 27.2. The van der Waals surface area contributed by atoms with E-state index in [2.05, 4.69) is 26.3 Å². The second-order valence-electron chi connectivity index (χ2n) is 9.06. The molecule has 2 bridgehead atoms. The standard InChI is InChI=1S/C24H29N5O6S2/c30-19-11-16-5-1-2-9-36-37-14-18(28-21(32)17(27-19)10-15-4-3-8-25-12-15)22(33)29-24(6-7-24)23(34)26-13-20(31)35-16/h1,3-5,8,12,16-18H,2,6-7,9-11,13-14H2,(H,26,34)(H,27,30)(H,28,32)(H,29,33)/t16-,17-,18-/m1/s1. The average Bonchev–Trinajstić information content (AvgIpc) is 3.65. The number of ether oxygens (including phenoxy) is 1. The Bertz CT molecular complexity index is 1060. The summed E-state index contributed by atoms with van der Waals surface area (Å²) >= 11 is 0. The van der Waals surface area contributed by atoms with Crippen molar-refractivity contribution < 1.29 is 28.7 Å². The number of hydrogen-bond donors (Lipinski definition) is 4. The maximum atomic E-state index is 13.4. The third-order valence-corrected chi connectivity index (χ3v) is 8.54. The Balaban J connectivity index is 1.65. The highest BCUT2D eigenvalue weighted by Gasteiger charge is 2.52. The Morgan fingerprint density at radius 1 is 1.08 bits per heavy atom.